The average Bonchev–Trinajstić information content (AvgIpc) is 2.08. The number of aromatic nitrogens is 1. The zero-order valence-corrected chi connectivity index (χ0v) is 7.70. The van der Waals surface area contributed by atoms with Crippen molar-refractivity contribution in [1.82, 2.24) is 4.98 Å². The highest BCUT2D eigenvalue weighted by atomic mass is 16.5. The number of nitrogens with zero attached hydrogens (tertiary/aromatic N) is 1. The third-order valence-corrected chi connectivity index (χ3v) is 1.36. The highest BCUT2D eigenvalue weighted by molar-refractivity contribution is 5.69. The molecule has 0 fully saturated rings. The zero-order chi connectivity index (χ0) is 9.68. The van der Waals surface area contributed by atoms with Crippen molar-refractivity contribution in [3.63, 3.8) is 0 Å². The van der Waals surface area contributed by atoms with Gasteiger partial charge in [0, 0.05) is 13.5 Å². The van der Waals surface area contributed by atoms with Gasteiger partial charge in [0.15, 0.2) is 0 Å². The largest absolute Gasteiger partial charge is 0.425 e. The molecule has 0 unspecified atom stereocenters. The maximum atomic E-state index is 10.6. The molecule has 70 valence electrons. The summed E-state index contributed by atoms with van der Waals surface area (Å²) >= 11 is 0. The smallest absolute Gasteiger partial charge is 0.308 e. The van der Waals surface area contributed by atoms with Gasteiger partial charge in [-0.1, -0.05) is 0 Å². The van der Waals surface area contributed by atoms with Crippen LogP contribution in [0.15, 0.2) is 18.3 Å². The summed E-state index contributed by atoms with van der Waals surface area (Å²) < 4.78 is 4.82. The van der Waals surface area contributed by atoms with Crippen LogP contribution >= 0.6 is 0 Å². The quantitative estimate of drug-likeness (QED) is 0.715. The van der Waals surface area contributed by atoms with Gasteiger partial charge in [0.25, 0.3) is 0 Å². The maximum Gasteiger partial charge on any atom is 0.308 e. The predicted octanol–water partition coefficient (Wildman–Crippen LogP) is 1.44. The Morgan fingerprint density at radius 2 is 2.38 bits per heavy atom. The fourth-order valence-electron chi connectivity index (χ4n) is 0.892. The molecule has 0 radical (unpaired) electrons. The topological polar surface area (TPSA) is 51.2 Å². The summed E-state index contributed by atoms with van der Waals surface area (Å²) in [4.78, 5) is 14.6. The van der Waals surface area contributed by atoms with Crippen molar-refractivity contribution < 1.29 is 9.53 Å². The first-order chi connectivity index (χ1) is 6.22. The van der Waals surface area contributed by atoms with E-state index in [1.165, 1.54) is 13.1 Å². The molecule has 4 nitrogen and oxygen atoms in total. The number of anilines is 1. The number of pyridine rings is 1. The first-order valence-electron chi connectivity index (χ1n) is 4.10. The number of hydrogen-bond donors (Lipinski definition) is 1. The first kappa shape index (κ1) is 9.51. The molecule has 0 aromatic carbocycles. The van der Waals surface area contributed by atoms with Crippen LogP contribution in [0, 0.1) is 0 Å². The van der Waals surface area contributed by atoms with Crippen LogP contribution in [0.3, 0.4) is 0 Å². The van der Waals surface area contributed by atoms with Crippen molar-refractivity contribution in [3.8, 4) is 5.75 Å². The van der Waals surface area contributed by atoms with Gasteiger partial charge in [-0.2, -0.15) is 0 Å². The molecule has 1 rings (SSSR count). The van der Waals surface area contributed by atoms with Gasteiger partial charge in [0.05, 0.1) is 6.20 Å². The van der Waals surface area contributed by atoms with Crippen LogP contribution in [0.25, 0.3) is 0 Å². The highest BCUT2D eigenvalue weighted by Crippen LogP contribution is 2.11. The van der Waals surface area contributed by atoms with Gasteiger partial charge in [-0.15, -0.1) is 0 Å². The van der Waals surface area contributed by atoms with E-state index in [0.29, 0.717) is 5.75 Å². The lowest BCUT2D eigenvalue weighted by molar-refractivity contribution is -0.131. The Hall–Kier alpha value is -1.58. The van der Waals surface area contributed by atoms with E-state index in [2.05, 4.69) is 10.3 Å². The predicted molar refractivity (Wildman–Crippen MR) is 49.7 cm³/mol. The zero-order valence-electron chi connectivity index (χ0n) is 7.70. The summed E-state index contributed by atoms with van der Waals surface area (Å²) in [5.41, 5.74) is 0. The Kier molecular flexibility index (Phi) is 3.25. The molecule has 4 heteroatoms. The number of carbonyl (C=O) groups excluding carboxylic acids is 1. The van der Waals surface area contributed by atoms with E-state index >= 15 is 0 Å². The van der Waals surface area contributed by atoms with Crippen molar-refractivity contribution in [3.05, 3.63) is 18.3 Å². The maximum absolute atomic E-state index is 10.6. The number of ether oxygens (including phenoxy) is 1. The van der Waals surface area contributed by atoms with Crippen molar-refractivity contribution in [1.29, 1.82) is 0 Å². The van der Waals surface area contributed by atoms with Gasteiger partial charge in [0.2, 0.25) is 0 Å². The lowest BCUT2D eigenvalue weighted by atomic mass is 10.4. The van der Waals surface area contributed by atoms with Crippen molar-refractivity contribution in [2.24, 2.45) is 0 Å². The van der Waals surface area contributed by atoms with Gasteiger partial charge >= 0.3 is 5.97 Å². The first-order valence-corrected chi connectivity index (χ1v) is 4.10. The summed E-state index contributed by atoms with van der Waals surface area (Å²) in [6.07, 6.45) is 1.51. The van der Waals surface area contributed by atoms with E-state index < -0.39 is 0 Å². The molecular weight excluding hydrogens is 168 g/mol. The molecule has 0 aliphatic rings. The molecule has 1 N–H and O–H groups in total. The summed E-state index contributed by atoms with van der Waals surface area (Å²) in [6.45, 7) is 4.17. The minimum atomic E-state index is -0.335. The second kappa shape index (κ2) is 4.45. The Bertz CT molecular complexity index is 282. The van der Waals surface area contributed by atoms with E-state index in [1.54, 1.807) is 12.1 Å². The number of hydrogen-bond acceptors (Lipinski definition) is 4. The van der Waals surface area contributed by atoms with Crippen LogP contribution < -0.4 is 10.1 Å². The molecule has 0 saturated carbocycles. The normalized spacial score (nSPS) is 9.38. The molecule has 13 heavy (non-hydrogen) atoms. The Balaban J connectivity index is 2.64. The second-order valence-corrected chi connectivity index (χ2v) is 2.50. The van der Waals surface area contributed by atoms with E-state index in [1.807, 2.05) is 6.92 Å². The number of rotatable bonds is 3. The van der Waals surface area contributed by atoms with Gasteiger partial charge in [-0.3, -0.25) is 4.79 Å². The van der Waals surface area contributed by atoms with E-state index in [4.69, 9.17) is 4.74 Å². The minimum Gasteiger partial charge on any atom is -0.425 e. The van der Waals surface area contributed by atoms with Crippen molar-refractivity contribution >= 4 is 11.8 Å². The van der Waals surface area contributed by atoms with Crippen LogP contribution in [-0.2, 0) is 4.79 Å². The third-order valence-electron chi connectivity index (χ3n) is 1.36. The molecule has 0 bridgehead atoms. The molecule has 0 spiro atoms. The molecule has 0 aliphatic carbocycles. The average molecular weight is 180 g/mol. The highest BCUT2D eigenvalue weighted by Gasteiger charge is 1.97. The molecule has 0 aliphatic heterocycles. The summed E-state index contributed by atoms with van der Waals surface area (Å²) in [5.74, 6) is 0.908. The van der Waals surface area contributed by atoms with Crippen LogP contribution in [0.2, 0.25) is 0 Å². The second-order valence-electron chi connectivity index (χ2n) is 2.50. The minimum absolute atomic E-state index is 0.335. The van der Waals surface area contributed by atoms with Crippen LogP contribution in [0.4, 0.5) is 5.82 Å². The molecule has 1 aromatic rings. The van der Waals surface area contributed by atoms with Crippen LogP contribution in [0.1, 0.15) is 13.8 Å². The molecule has 1 heterocycles. The summed E-state index contributed by atoms with van der Waals surface area (Å²) in [5, 5.41) is 3.04. The van der Waals surface area contributed by atoms with Crippen molar-refractivity contribution in [2.75, 3.05) is 11.9 Å². The fourth-order valence-corrected chi connectivity index (χ4v) is 0.892. The van der Waals surface area contributed by atoms with E-state index in [-0.39, 0.29) is 5.97 Å². The van der Waals surface area contributed by atoms with Gasteiger partial charge in [0.1, 0.15) is 11.6 Å². The monoisotopic (exact) mass is 180 g/mol. The molecule has 0 saturated heterocycles. The number of carbonyl (C=O) groups is 1. The molecule has 1 aromatic heterocycles. The third kappa shape index (κ3) is 3.11. The standard InChI is InChI=1S/C9H12N2O2/c1-3-10-9-5-4-8(6-11-9)13-7(2)12/h4-6H,3H2,1-2H3,(H,10,11). The summed E-state index contributed by atoms with van der Waals surface area (Å²) in [6, 6.07) is 3.47. The number of nitrogens with one attached hydrogen (secondary N) is 1. The lowest BCUT2D eigenvalue weighted by Crippen LogP contribution is -2.03. The van der Waals surface area contributed by atoms with Gasteiger partial charge in [-0.05, 0) is 19.1 Å². The van der Waals surface area contributed by atoms with Crippen LogP contribution in [-0.4, -0.2) is 17.5 Å². The van der Waals surface area contributed by atoms with Gasteiger partial charge < -0.3 is 10.1 Å². The Labute approximate surface area is 76.9 Å². The van der Waals surface area contributed by atoms with E-state index in [0.717, 1.165) is 12.4 Å². The fraction of sp³-hybridized carbons (Fsp3) is 0.333. The van der Waals surface area contributed by atoms with E-state index in [9.17, 15) is 4.79 Å². The Morgan fingerprint density at radius 3 is 2.85 bits per heavy atom. The molecule has 0 atom stereocenters. The SMILES string of the molecule is CCNc1ccc(OC(C)=O)cn1. The molecule has 0 amide bonds. The van der Waals surface area contributed by atoms with Crippen LogP contribution in [0.5, 0.6) is 5.75 Å². The summed E-state index contributed by atoms with van der Waals surface area (Å²) in [7, 11) is 0. The number of esters is 1. The Morgan fingerprint density at radius 1 is 1.62 bits per heavy atom. The lowest BCUT2D eigenvalue weighted by Gasteiger charge is -2.03. The molecular formula is C9H12N2O2. The van der Waals surface area contributed by atoms with Gasteiger partial charge in [-0.25, -0.2) is 4.98 Å². The van der Waals surface area contributed by atoms with Crippen molar-refractivity contribution in [2.45, 2.75) is 13.8 Å².